The summed E-state index contributed by atoms with van der Waals surface area (Å²) in [7, 11) is 1.32. The molecule has 9 heteroatoms. The van der Waals surface area contributed by atoms with Gasteiger partial charge in [-0.1, -0.05) is 48.5 Å². The van der Waals surface area contributed by atoms with Gasteiger partial charge in [0.25, 0.3) is 5.91 Å². The summed E-state index contributed by atoms with van der Waals surface area (Å²) in [6, 6.07) is 27.2. The lowest BCUT2D eigenvalue weighted by molar-refractivity contribution is -0.146. The molecule has 4 aromatic rings. The van der Waals surface area contributed by atoms with Crippen LogP contribution in [0.25, 0.3) is 11.1 Å². The van der Waals surface area contributed by atoms with Crippen molar-refractivity contribution >= 4 is 18.0 Å². The smallest absolute Gasteiger partial charge is 0.407 e. The van der Waals surface area contributed by atoms with Crippen LogP contribution < -0.4 is 10.6 Å². The molecular weight excluding hydrogens is 580 g/mol. The Labute approximate surface area is 269 Å². The van der Waals surface area contributed by atoms with E-state index >= 15 is 0 Å². The Kier molecular flexibility index (Phi) is 11.2. The van der Waals surface area contributed by atoms with Crippen molar-refractivity contribution in [1.82, 2.24) is 15.6 Å². The Morgan fingerprint density at radius 2 is 1.59 bits per heavy atom. The topological polar surface area (TPSA) is 130 Å². The van der Waals surface area contributed by atoms with Gasteiger partial charge in [-0.25, -0.2) is 4.79 Å². The predicted molar refractivity (Wildman–Crippen MR) is 175 cm³/mol. The molecule has 0 aliphatic rings. The minimum absolute atomic E-state index is 0.269. The maximum absolute atomic E-state index is 13.6. The van der Waals surface area contributed by atoms with Crippen LogP contribution in [0.1, 0.15) is 53.4 Å². The highest BCUT2D eigenvalue weighted by Crippen LogP contribution is 2.23. The molecule has 2 amide bonds. The van der Waals surface area contributed by atoms with E-state index in [0.717, 1.165) is 27.8 Å². The Morgan fingerprint density at radius 3 is 2.26 bits per heavy atom. The van der Waals surface area contributed by atoms with Gasteiger partial charge in [-0.15, -0.1) is 0 Å². The molecule has 3 aromatic carbocycles. The molecule has 0 saturated heterocycles. The van der Waals surface area contributed by atoms with E-state index in [4.69, 9.17) is 9.47 Å². The number of alkyl carbamates (subject to hydrolysis) is 1. The number of nitrogens with zero attached hydrogens (tertiary/aromatic N) is 2. The second-order valence-electron chi connectivity index (χ2n) is 11.9. The maximum Gasteiger partial charge on any atom is 0.407 e. The molecule has 2 N–H and O–H groups in total. The molecule has 46 heavy (non-hydrogen) atoms. The third-order valence-electron chi connectivity index (χ3n) is 7.24. The van der Waals surface area contributed by atoms with Crippen LogP contribution >= 0.6 is 0 Å². The SMILES string of the molecule is COC(=O)C(Cc1cccc(C#N)c1)C(Cc1cccnc1)NC(=O)c1ccc(-c2cccc(CNC(=O)OC(C)(C)C)c2)cc1. The van der Waals surface area contributed by atoms with Crippen LogP contribution in [0.2, 0.25) is 0 Å². The molecule has 236 valence electrons. The first kappa shape index (κ1) is 33.4. The Morgan fingerprint density at radius 1 is 0.870 bits per heavy atom. The molecule has 0 saturated carbocycles. The van der Waals surface area contributed by atoms with E-state index < -0.39 is 29.6 Å². The van der Waals surface area contributed by atoms with E-state index in [1.807, 2.05) is 69.3 Å². The predicted octanol–water partition coefficient (Wildman–Crippen LogP) is 6.02. The quantitative estimate of drug-likeness (QED) is 0.197. The number of nitriles is 1. The fourth-order valence-electron chi connectivity index (χ4n) is 5.04. The molecule has 1 aromatic heterocycles. The van der Waals surface area contributed by atoms with Crippen LogP contribution in [-0.2, 0) is 33.7 Å². The van der Waals surface area contributed by atoms with Crippen LogP contribution in [0.3, 0.4) is 0 Å². The number of carbonyl (C=O) groups excluding carboxylic acids is 3. The van der Waals surface area contributed by atoms with E-state index in [1.54, 1.807) is 48.8 Å². The zero-order valence-electron chi connectivity index (χ0n) is 26.4. The fraction of sp³-hybridized carbons (Fsp3) is 0.270. The van der Waals surface area contributed by atoms with Crippen molar-refractivity contribution in [3.63, 3.8) is 0 Å². The van der Waals surface area contributed by atoms with Gasteiger partial charge in [-0.3, -0.25) is 14.6 Å². The summed E-state index contributed by atoms with van der Waals surface area (Å²) < 4.78 is 10.5. The molecule has 0 aliphatic heterocycles. The molecule has 0 radical (unpaired) electrons. The molecule has 4 rings (SSSR count). The van der Waals surface area contributed by atoms with Crippen molar-refractivity contribution in [2.24, 2.45) is 5.92 Å². The molecular formula is C37H38N4O5. The zero-order chi connectivity index (χ0) is 33.1. The number of ether oxygens (including phenoxy) is 2. The average molecular weight is 619 g/mol. The molecule has 0 fully saturated rings. The van der Waals surface area contributed by atoms with Gasteiger partial charge in [0, 0.05) is 30.5 Å². The maximum atomic E-state index is 13.6. The number of hydrogen-bond donors (Lipinski definition) is 2. The van der Waals surface area contributed by atoms with E-state index in [-0.39, 0.29) is 12.3 Å². The summed E-state index contributed by atoms with van der Waals surface area (Å²) in [4.78, 5) is 43.0. The summed E-state index contributed by atoms with van der Waals surface area (Å²) in [5.74, 6) is -1.53. The van der Waals surface area contributed by atoms with Gasteiger partial charge in [0.1, 0.15) is 5.60 Å². The highest BCUT2D eigenvalue weighted by atomic mass is 16.6. The number of benzene rings is 3. The monoisotopic (exact) mass is 618 g/mol. The number of amides is 2. The number of rotatable bonds is 11. The van der Waals surface area contributed by atoms with E-state index in [1.165, 1.54) is 7.11 Å². The Balaban J connectivity index is 1.52. The van der Waals surface area contributed by atoms with Crippen molar-refractivity contribution in [3.8, 4) is 17.2 Å². The third kappa shape index (κ3) is 9.76. The number of hydrogen-bond acceptors (Lipinski definition) is 7. The molecule has 0 aliphatic carbocycles. The Bertz CT molecular complexity index is 1690. The van der Waals surface area contributed by atoms with E-state index in [9.17, 15) is 19.6 Å². The lowest BCUT2D eigenvalue weighted by Gasteiger charge is -2.27. The number of methoxy groups -OCH3 is 1. The molecule has 9 nitrogen and oxygen atoms in total. The number of carbonyl (C=O) groups is 3. The van der Waals surface area contributed by atoms with Gasteiger partial charge in [0.05, 0.1) is 24.7 Å². The van der Waals surface area contributed by atoms with Crippen molar-refractivity contribution in [3.05, 3.63) is 125 Å². The van der Waals surface area contributed by atoms with Crippen molar-refractivity contribution in [2.45, 2.75) is 51.8 Å². The summed E-state index contributed by atoms with van der Waals surface area (Å²) >= 11 is 0. The van der Waals surface area contributed by atoms with Crippen molar-refractivity contribution < 1.29 is 23.9 Å². The van der Waals surface area contributed by atoms with E-state index in [2.05, 4.69) is 21.7 Å². The fourth-order valence-corrected chi connectivity index (χ4v) is 5.04. The second kappa shape index (κ2) is 15.5. The Hall–Kier alpha value is -5.49. The summed E-state index contributed by atoms with van der Waals surface area (Å²) in [5, 5.41) is 15.2. The minimum Gasteiger partial charge on any atom is -0.469 e. The van der Waals surface area contributed by atoms with Crippen LogP contribution in [0.15, 0.2) is 97.3 Å². The van der Waals surface area contributed by atoms with Gasteiger partial charge in [-0.2, -0.15) is 5.26 Å². The highest BCUT2D eigenvalue weighted by Gasteiger charge is 2.31. The first-order chi connectivity index (χ1) is 22.0. The number of nitrogens with one attached hydrogen (secondary N) is 2. The normalized spacial score (nSPS) is 12.2. The highest BCUT2D eigenvalue weighted by molar-refractivity contribution is 5.95. The molecule has 2 atom stereocenters. The summed E-state index contributed by atoms with van der Waals surface area (Å²) in [5.41, 5.74) is 4.69. The van der Waals surface area contributed by atoms with Gasteiger partial charge >= 0.3 is 12.1 Å². The molecule has 0 spiro atoms. The third-order valence-corrected chi connectivity index (χ3v) is 7.24. The van der Waals surface area contributed by atoms with Gasteiger partial charge in [0.15, 0.2) is 0 Å². The van der Waals surface area contributed by atoms with Gasteiger partial charge in [-0.05, 0) is 97.8 Å². The minimum atomic E-state index is -0.723. The van der Waals surface area contributed by atoms with Gasteiger partial charge in [0.2, 0.25) is 0 Å². The number of pyridine rings is 1. The van der Waals surface area contributed by atoms with Crippen molar-refractivity contribution in [2.75, 3.05) is 7.11 Å². The number of aromatic nitrogens is 1. The van der Waals surface area contributed by atoms with Crippen LogP contribution in [0, 0.1) is 17.2 Å². The first-order valence-electron chi connectivity index (χ1n) is 15.0. The van der Waals surface area contributed by atoms with Crippen molar-refractivity contribution in [1.29, 1.82) is 5.26 Å². The van der Waals surface area contributed by atoms with Crippen LogP contribution in [0.5, 0.6) is 0 Å². The largest absolute Gasteiger partial charge is 0.469 e. The van der Waals surface area contributed by atoms with Crippen LogP contribution in [-0.4, -0.2) is 41.7 Å². The first-order valence-corrected chi connectivity index (χ1v) is 15.0. The molecule has 2 unspecified atom stereocenters. The van der Waals surface area contributed by atoms with E-state index in [0.29, 0.717) is 24.1 Å². The lowest BCUT2D eigenvalue weighted by Crippen LogP contribution is -2.46. The van der Waals surface area contributed by atoms with Crippen LogP contribution in [0.4, 0.5) is 4.79 Å². The standard InChI is InChI=1S/C37H38N4O5/c1-37(2,3)46-36(44)40-24-27-10-6-12-31(19-27)29-13-15-30(16-14-29)34(42)41-33(21-28-11-7-17-39-23-28)32(35(43)45-4)20-25-8-5-9-26(18-25)22-38/h5-19,23,32-33H,20-21,24H2,1-4H3,(H,40,44)(H,41,42). The summed E-state index contributed by atoms with van der Waals surface area (Å²) in [6.07, 6.45) is 3.50. The zero-order valence-corrected chi connectivity index (χ0v) is 26.4. The molecule has 1 heterocycles. The molecule has 0 bridgehead atoms. The average Bonchev–Trinajstić information content (AvgIpc) is 3.05. The van der Waals surface area contributed by atoms with Gasteiger partial charge < -0.3 is 20.1 Å². The summed E-state index contributed by atoms with van der Waals surface area (Å²) in [6.45, 7) is 5.74. The second-order valence-corrected chi connectivity index (χ2v) is 11.9. The number of esters is 1. The lowest BCUT2D eigenvalue weighted by atomic mass is 9.87.